The van der Waals surface area contributed by atoms with Crippen LogP contribution in [0.15, 0.2) is 109 Å². The van der Waals surface area contributed by atoms with E-state index < -0.39 is 35.5 Å². The van der Waals surface area contributed by atoms with Crippen LogP contribution in [0.5, 0.6) is 0 Å². The zero-order chi connectivity index (χ0) is 28.4. The monoisotopic (exact) mass is 547 g/mol. The highest BCUT2D eigenvalue weighted by Crippen LogP contribution is 2.56. The van der Waals surface area contributed by atoms with Crippen LogP contribution in [0.1, 0.15) is 35.6 Å². The van der Waals surface area contributed by atoms with Crippen molar-refractivity contribution in [1.82, 2.24) is 4.90 Å². The molecule has 0 saturated carbocycles. The van der Waals surface area contributed by atoms with Crippen LogP contribution >= 0.6 is 0 Å². The van der Waals surface area contributed by atoms with Crippen LogP contribution in [0.2, 0.25) is 0 Å². The summed E-state index contributed by atoms with van der Waals surface area (Å²) >= 11 is 0. The third kappa shape index (κ3) is 4.63. The Morgan fingerprint density at radius 2 is 1.37 bits per heavy atom. The van der Waals surface area contributed by atoms with Gasteiger partial charge in [-0.3, -0.25) is 14.5 Å². The highest BCUT2D eigenvalue weighted by molar-refractivity contribution is 5.85. The van der Waals surface area contributed by atoms with E-state index in [4.69, 9.17) is 9.47 Å². The summed E-state index contributed by atoms with van der Waals surface area (Å²) in [7, 11) is 0. The average Bonchev–Trinajstić information content (AvgIpc) is 3.49. The smallest absolute Gasteiger partial charge is 0.324 e. The molecule has 208 valence electrons. The molecule has 3 atom stereocenters. The summed E-state index contributed by atoms with van der Waals surface area (Å²) < 4.78 is 11.2. The molecule has 0 unspecified atom stereocenters. The van der Waals surface area contributed by atoms with E-state index in [1.54, 1.807) is 6.92 Å². The van der Waals surface area contributed by atoms with Crippen LogP contribution in [0.4, 0.5) is 0 Å². The van der Waals surface area contributed by atoms with E-state index in [2.05, 4.69) is 41.3 Å². The van der Waals surface area contributed by atoms with Crippen LogP contribution in [-0.2, 0) is 31.2 Å². The molecule has 0 aromatic heterocycles. The first-order chi connectivity index (χ1) is 20.1. The number of nitrogens with zero attached hydrogens (tertiary/aromatic N) is 1. The van der Waals surface area contributed by atoms with Crippen molar-refractivity contribution in [3.63, 3.8) is 0 Å². The molecule has 4 aromatic carbocycles. The lowest BCUT2D eigenvalue weighted by atomic mass is 9.78. The first-order valence-corrected chi connectivity index (χ1v) is 14.1. The zero-order valence-corrected chi connectivity index (χ0v) is 23.0. The first-order valence-electron chi connectivity index (χ1n) is 14.1. The van der Waals surface area contributed by atoms with Gasteiger partial charge >= 0.3 is 11.9 Å². The van der Waals surface area contributed by atoms with Gasteiger partial charge in [0.05, 0.1) is 24.7 Å². The second-order valence-electron chi connectivity index (χ2n) is 10.6. The summed E-state index contributed by atoms with van der Waals surface area (Å²) in [6, 6.07) is 35.1. The Labute approximate surface area is 240 Å². The minimum atomic E-state index is -0.950. The molecule has 2 aliphatic rings. The molecule has 0 radical (unpaired) electrons. The van der Waals surface area contributed by atoms with Crippen molar-refractivity contribution in [2.45, 2.75) is 37.6 Å². The van der Waals surface area contributed by atoms with Crippen LogP contribution in [0, 0.1) is 5.92 Å². The Morgan fingerprint density at radius 1 is 0.805 bits per heavy atom. The maximum atomic E-state index is 14.2. The number of hydrogen-bond donors (Lipinski definition) is 1. The van der Waals surface area contributed by atoms with Gasteiger partial charge in [0.2, 0.25) is 0 Å². The number of fused-ring (bicyclic) bond motifs is 3. The third-order valence-electron chi connectivity index (χ3n) is 8.34. The Hall–Kier alpha value is -4.26. The van der Waals surface area contributed by atoms with Crippen LogP contribution in [0.25, 0.3) is 11.1 Å². The Kier molecular flexibility index (Phi) is 7.43. The number of aliphatic hydroxyl groups is 1. The van der Waals surface area contributed by atoms with Gasteiger partial charge in [0, 0.05) is 12.5 Å². The van der Waals surface area contributed by atoms with Crippen molar-refractivity contribution < 1.29 is 24.2 Å². The third-order valence-corrected chi connectivity index (χ3v) is 8.34. The highest BCUT2D eigenvalue weighted by atomic mass is 16.5. The predicted molar refractivity (Wildman–Crippen MR) is 156 cm³/mol. The number of likely N-dealkylation sites (tertiary alicyclic amines) is 1. The molecular weight excluding hydrogens is 514 g/mol. The topological polar surface area (TPSA) is 76.1 Å². The fourth-order valence-corrected chi connectivity index (χ4v) is 6.69. The molecule has 1 heterocycles. The molecule has 4 aromatic rings. The average molecular weight is 548 g/mol. The van der Waals surface area contributed by atoms with Gasteiger partial charge in [0.15, 0.2) is 0 Å². The van der Waals surface area contributed by atoms with Crippen molar-refractivity contribution >= 4 is 11.9 Å². The molecule has 0 amide bonds. The first kappa shape index (κ1) is 26.9. The molecule has 6 nitrogen and oxygen atoms in total. The minimum Gasteiger partial charge on any atom is -0.466 e. The van der Waals surface area contributed by atoms with Gasteiger partial charge < -0.3 is 14.6 Å². The molecule has 0 bridgehead atoms. The lowest BCUT2D eigenvalue weighted by molar-refractivity contribution is -0.155. The second-order valence-corrected chi connectivity index (χ2v) is 10.6. The Balaban J connectivity index is 1.52. The standard InChI is InChI=1S/C35H33NO5/c1-2-40-32(38)21-28-31(37)22-36(33(28)34(39)41-23-24-13-5-3-6-14-24)35(25-15-7-4-8-16-25)29-19-11-9-17-26(29)27-18-10-12-20-30(27)35/h3-20,28,31,33,37H,2,21-23H2,1H3/t28-,31+,33-/m0/s1. The van der Waals surface area contributed by atoms with E-state index >= 15 is 0 Å². The number of benzene rings is 4. The van der Waals surface area contributed by atoms with Gasteiger partial charge in [-0.1, -0.05) is 109 Å². The Morgan fingerprint density at radius 3 is 1.98 bits per heavy atom. The number of hydrogen-bond acceptors (Lipinski definition) is 6. The highest BCUT2D eigenvalue weighted by Gasteiger charge is 2.59. The normalized spacial score (nSPS) is 20.7. The number of esters is 2. The van der Waals surface area contributed by atoms with Gasteiger partial charge in [-0.25, -0.2) is 0 Å². The van der Waals surface area contributed by atoms with E-state index in [1.807, 2.05) is 72.8 Å². The lowest BCUT2D eigenvalue weighted by Crippen LogP contribution is -2.53. The number of rotatable bonds is 8. The molecule has 1 aliphatic heterocycles. The summed E-state index contributed by atoms with van der Waals surface area (Å²) in [6.45, 7) is 2.24. The Bertz CT molecular complexity index is 1490. The summed E-state index contributed by atoms with van der Waals surface area (Å²) in [5, 5.41) is 11.5. The van der Waals surface area contributed by atoms with Crippen molar-refractivity contribution in [2.75, 3.05) is 13.2 Å². The van der Waals surface area contributed by atoms with Crippen molar-refractivity contribution in [3.05, 3.63) is 131 Å². The number of carbonyl (C=O) groups is 2. The maximum absolute atomic E-state index is 14.2. The number of β-amino-alcohol motifs (C(OH)–C–C–N with tert-alkyl or cyclic N) is 1. The quantitative estimate of drug-likeness (QED) is 0.301. The van der Waals surface area contributed by atoms with E-state index in [0.717, 1.165) is 33.4 Å². The number of ether oxygens (including phenoxy) is 2. The van der Waals surface area contributed by atoms with Crippen LogP contribution < -0.4 is 0 Å². The van der Waals surface area contributed by atoms with Gasteiger partial charge in [-0.05, 0) is 40.3 Å². The molecule has 1 aliphatic carbocycles. The molecule has 41 heavy (non-hydrogen) atoms. The summed E-state index contributed by atoms with van der Waals surface area (Å²) in [4.78, 5) is 29.0. The van der Waals surface area contributed by atoms with Crippen LogP contribution in [0.3, 0.4) is 0 Å². The molecule has 1 N–H and O–H groups in total. The number of carbonyl (C=O) groups excluding carboxylic acids is 2. The lowest BCUT2D eigenvalue weighted by Gasteiger charge is -2.44. The zero-order valence-electron chi connectivity index (χ0n) is 23.0. The molecule has 6 heteroatoms. The fourth-order valence-electron chi connectivity index (χ4n) is 6.69. The van der Waals surface area contributed by atoms with E-state index in [9.17, 15) is 14.7 Å². The minimum absolute atomic E-state index is 0.0925. The van der Waals surface area contributed by atoms with E-state index in [1.165, 1.54) is 0 Å². The fraction of sp³-hybridized carbons (Fsp3) is 0.257. The van der Waals surface area contributed by atoms with Gasteiger partial charge in [-0.2, -0.15) is 0 Å². The predicted octanol–water partition coefficient (Wildman–Crippen LogP) is 5.32. The van der Waals surface area contributed by atoms with E-state index in [-0.39, 0.29) is 26.2 Å². The summed E-state index contributed by atoms with van der Waals surface area (Å²) in [5.41, 5.74) is 5.15. The second kappa shape index (κ2) is 11.3. The number of aliphatic hydroxyl groups excluding tert-OH is 1. The molecule has 6 rings (SSSR count). The maximum Gasteiger partial charge on any atom is 0.324 e. The molecule has 1 fully saturated rings. The van der Waals surface area contributed by atoms with Gasteiger partial charge in [0.25, 0.3) is 0 Å². The van der Waals surface area contributed by atoms with E-state index in [0.29, 0.717) is 0 Å². The largest absolute Gasteiger partial charge is 0.466 e. The summed E-state index contributed by atoms with van der Waals surface area (Å²) in [6.07, 6.45) is -1.04. The van der Waals surface area contributed by atoms with Gasteiger partial charge in [0.1, 0.15) is 12.6 Å². The SMILES string of the molecule is CCOC(=O)C[C@H]1[C@H](O)CN(C2(c3ccccc3)c3ccccc3-c3ccccc32)[C@@H]1C(=O)OCc1ccccc1. The molecular formula is C35H33NO5. The van der Waals surface area contributed by atoms with Crippen molar-refractivity contribution in [3.8, 4) is 11.1 Å². The van der Waals surface area contributed by atoms with Crippen LogP contribution in [-0.4, -0.2) is 47.2 Å². The molecule has 0 spiro atoms. The molecule has 1 saturated heterocycles. The van der Waals surface area contributed by atoms with Crippen molar-refractivity contribution in [1.29, 1.82) is 0 Å². The van der Waals surface area contributed by atoms with Crippen molar-refractivity contribution in [2.24, 2.45) is 5.92 Å². The van der Waals surface area contributed by atoms with Gasteiger partial charge in [-0.15, -0.1) is 0 Å². The summed E-state index contributed by atoms with van der Waals surface area (Å²) in [5.74, 6) is -1.63.